The van der Waals surface area contributed by atoms with E-state index < -0.39 is 17.7 Å². The second-order valence-electron chi connectivity index (χ2n) is 7.03. The highest BCUT2D eigenvalue weighted by Gasteiger charge is 2.48. The van der Waals surface area contributed by atoms with Gasteiger partial charge in [-0.1, -0.05) is 23.5 Å². The Morgan fingerprint density at radius 1 is 1.13 bits per heavy atom. The summed E-state index contributed by atoms with van der Waals surface area (Å²) in [6.07, 6.45) is 4.90. The molecule has 1 atom stereocenters. The van der Waals surface area contributed by atoms with Gasteiger partial charge >= 0.3 is 5.91 Å². The van der Waals surface area contributed by atoms with Gasteiger partial charge in [0, 0.05) is 18.6 Å². The van der Waals surface area contributed by atoms with Gasteiger partial charge in [-0.05, 0) is 37.6 Å². The number of carbonyl (C=O) groups excluding carboxylic acids is 2. The molecule has 0 bridgehead atoms. The molecule has 0 aromatic carbocycles. The Morgan fingerprint density at radius 2 is 1.97 bits per heavy atom. The van der Waals surface area contributed by atoms with Gasteiger partial charge in [0.05, 0.1) is 17.3 Å². The molecule has 5 rings (SSSR count). The smallest absolute Gasteiger partial charge is 0.301 e. The summed E-state index contributed by atoms with van der Waals surface area (Å²) in [5.41, 5.74) is 2.04. The minimum Gasteiger partial charge on any atom is -0.505 e. The third-order valence-corrected chi connectivity index (χ3v) is 5.93. The maximum absolute atomic E-state index is 13.2. The van der Waals surface area contributed by atoms with E-state index in [1.807, 2.05) is 6.07 Å². The zero-order chi connectivity index (χ0) is 21.7. The Hall–Kier alpha value is -3.92. The van der Waals surface area contributed by atoms with E-state index in [0.29, 0.717) is 27.6 Å². The molecule has 9 nitrogen and oxygen atoms in total. The molecular formula is C21H16N6O3S. The number of anilines is 1. The first-order valence-electron chi connectivity index (χ1n) is 9.42. The van der Waals surface area contributed by atoms with Crippen molar-refractivity contribution in [3.8, 4) is 0 Å². The number of hydrogen-bond acceptors (Lipinski definition) is 8. The van der Waals surface area contributed by atoms with Crippen molar-refractivity contribution in [1.29, 1.82) is 0 Å². The van der Waals surface area contributed by atoms with Crippen LogP contribution in [-0.4, -0.2) is 41.4 Å². The lowest BCUT2D eigenvalue weighted by atomic mass is 9.97. The summed E-state index contributed by atoms with van der Waals surface area (Å²) < 4.78 is 1.69. The number of hydrogen-bond donors (Lipinski definition) is 1. The SMILES string of the molecule is Cc1nnc(N2C(=O)C(=O)C(=C(O)c3c(C)nc4ccccn34)C2c2cccnc2)s1. The molecule has 1 saturated heterocycles. The summed E-state index contributed by atoms with van der Waals surface area (Å²) in [5, 5.41) is 20.3. The van der Waals surface area contributed by atoms with Crippen LogP contribution in [0.25, 0.3) is 11.4 Å². The van der Waals surface area contributed by atoms with Crippen LogP contribution in [0.5, 0.6) is 0 Å². The zero-order valence-corrected chi connectivity index (χ0v) is 17.4. The Kier molecular flexibility index (Phi) is 4.36. The maximum atomic E-state index is 13.2. The predicted octanol–water partition coefficient (Wildman–Crippen LogP) is 2.82. The number of pyridine rings is 2. The minimum absolute atomic E-state index is 0.0420. The summed E-state index contributed by atoms with van der Waals surface area (Å²) >= 11 is 1.19. The van der Waals surface area contributed by atoms with Crippen molar-refractivity contribution < 1.29 is 14.7 Å². The van der Waals surface area contributed by atoms with Crippen molar-refractivity contribution in [2.45, 2.75) is 19.9 Å². The van der Waals surface area contributed by atoms with Crippen molar-refractivity contribution in [2.75, 3.05) is 4.90 Å². The van der Waals surface area contributed by atoms with Crippen LogP contribution in [0.4, 0.5) is 5.13 Å². The monoisotopic (exact) mass is 432 g/mol. The molecule has 1 amide bonds. The van der Waals surface area contributed by atoms with E-state index in [1.165, 1.54) is 16.2 Å². The number of rotatable bonds is 3. The van der Waals surface area contributed by atoms with Crippen LogP contribution >= 0.6 is 11.3 Å². The lowest BCUT2D eigenvalue weighted by Crippen LogP contribution is -2.29. The first kappa shape index (κ1) is 19.1. The van der Waals surface area contributed by atoms with E-state index in [-0.39, 0.29) is 16.5 Å². The number of amides is 1. The van der Waals surface area contributed by atoms with E-state index in [0.717, 1.165) is 0 Å². The molecule has 1 fully saturated rings. The number of aryl methyl sites for hydroxylation is 2. The molecule has 0 spiro atoms. The van der Waals surface area contributed by atoms with Crippen molar-refractivity contribution >= 4 is 39.6 Å². The first-order chi connectivity index (χ1) is 15.0. The van der Waals surface area contributed by atoms with Crippen LogP contribution in [0.15, 0.2) is 54.5 Å². The van der Waals surface area contributed by atoms with E-state index in [2.05, 4.69) is 20.2 Å². The number of fused-ring (bicyclic) bond motifs is 1. The molecule has 1 unspecified atom stereocenters. The van der Waals surface area contributed by atoms with Gasteiger partial charge in [-0.25, -0.2) is 4.98 Å². The van der Waals surface area contributed by atoms with Crippen LogP contribution in [0.1, 0.15) is 28.0 Å². The fraction of sp³-hybridized carbons (Fsp3) is 0.143. The molecule has 1 N–H and O–H groups in total. The lowest BCUT2D eigenvalue weighted by Gasteiger charge is -2.22. The van der Waals surface area contributed by atoms with Gasteiger partial charge in [0.15, 0.2) is 5.76 Å². The predicted molar refractivity (Wildman–Crippen MR) is 114 cm³/mol. The van der Waals surface area contributed by atoms with Gasteiger partial charge in [-0.15, -0.1) is 10.2 Å². The molecule has 4 aromatic heterocycles. The van der Waals surface area contributed by atoms with Crippen molar-refractivity contribution in [3.05, 3.63) is 76.5 Å². The molecule has 154 valence electrons. The van der Waals surface area contributed by atoms with E-state index in [1.54, 1.807) is 61.1 Å². The Bertz CT molecular complexity index is 1370. The molecule has 10 heteroatoms. The van der Waals surface area contributed by atoms with E-state index in [9.17, 15) is 14.7 Å². The van der Waals surface area contributed by atoms with Gasteiger partial charge in [0.2, 0.25) is 5.13 Å². The third kappa shape index (κ3) is 2.91. The van der Waals surface area contributed by atoms with Crippen molar-refractivity contribution in [2.24, 2.45) is 0 Å². The van der Waals surface area contributed by atoms with Crippen LogP contribution in [0.3, 0.4) is 0 Å². The highest BCUT2D eigenvalue weighted by molar-refractivity contribution is 7.15. The van der Waals surface area contributed by atoms with Gasteiger partial charge in [-0.3, -0.25) is 23.9 Å². The Labute approximate surface area is 180 Å². The van der Waals surface area contributed by atoms with Crippen LogP contribution in [0, 0.1) is 13.8 Å². The molecule has 1 aliphatic rings. The second kappa shape index (κ2) is 7.10. The largest absolute Gasteiger partial charge is 0.505 e. The number of aliphatic hydroxyl groups excluding tert-OH is 1. The summed E-state index contributed by atoms with van der Waals surface area (Å²) in [4.78, 5) is 36.1. The molecule has 4 aromatic rings. The Morgan fingerprint density at radius 3 is 2.68 bits per heavy atom. The van der Waals surface area contributed by atoms with Crippen molar-refractivity contribution in [3.63, 3.8) is 0 Å². The summed E-state index contributed by atoms with van der Waals surface area (Å²) in [5.74, 6) is -1.88. The van der Waals surface area contributed by atoms with Gasteiger partial charge in [0.25, 0.3) is 5.78 Å². The summed E-state index contributed by atoms with van der Waals surface area (Å²) in [6.45, 7) is 3.50. The fourth-order valence-electron chi connectivity index (χ4n) is 3.79. The van der Waals surface area contributed by atoms with Gasteiger partial charge in [-0.2, -0.15) is 0 Å². The van der Waals surface area contributed by atoms with E-state index in [4.69, 9.17) is 0 Å². The molecule has 0 radical (unpaired) electrons. The van der Waals surface area contributed by atoms with Gasteiger partial charge < -0.3 is 5.11 Å². The number of Topliss-reactive ketones (excluding diaryl/α,β-unsaturated/α-hetero) is 1. The molecule has 5 heterocycles. The third-order valence-electron chi connectivity index (χ3n) is 5.09. The summed E-state index contributed by atoms with van der Waals surface area (Å²) in [6, 6.07) is 7.99. The summed E-state index contributed by atoms with van der Waals surface area (Å²) in [7, 11) is 0. The standard InChI is InChI=1S/C21H16N6O3S/c1-11-16(26-9-4-3-7-14(26)23-11)18(28)15-17(13-6-5-8-22-10-13)27(20(30)19(15)29)21-25-24-12(2)31-21/h3-10,17,28H,1-2H3. The lowest BCUT2D eigenvalue weighted by molar-refractivity contribution is -0.132. The molecule has 1 aliphatic heterocycles. The zero-order valence-electron chi connectivity index (χ0n) is 16.6. The normalized spacial score (nSPS) is 18.3. The quantitative estimate of drug-likeness (QED) is 0.301. The number of carbonyl (C=O) groups is 2. The average Bonchev–Trinajstić information content (AvgIpc) is 3.42. The van der Waals surface area contributed by atoms with Gasteiger partial charge in [0.1, 0.15) is 16.3 Å². The molecule has 31 heavy (non-hydrogen) atoms. The highest BCUT2D eigenvalue weighted by atomic mass is 32.1. The Balaban J connectivity index is 1.79. The van der Waals surface area contributed by atoms with Crippen LogP contribution < -0.4 is 4.90 Å². The number of aromatic nitrogens is 5. The first-order valence-corrected chi connectivity index (χ1v) is 10.2. The minimum atomic E-state index is -0.894. The number of nitrogens with zero attached hydrogens (tertiary/aromatic N) is 6. The molecule has 0 saturated carbocycles. The molecular weight excluding hydrogens is 416 g/mol. The second-order valence-corrected chi connectivity index (χ2v) is 8.19. The van der Waals surface area contributed by atoms with Crippen LogP contribution in [-0.2, 0) is 9.59 Å². The topological polar surface area (TPSA) is 114 Å². The number of aliphatic hydroxyl groups is 1. The van der Waals surface area contributed by atoms with E-state index >= 15 is 0 Å². The maximum Gasteiger partial charge on any atom is 0.301 e. The highest BCUT2D eigenvalue weighted by Crippen LogP contribution is 2.43. The number of imidazole rings is 1. The fourth-order valence-corrected chi connectivity index (χ4v) is 4.51. The number of ketones is 1. The average molecular weight is 432 g/mol. The van der Waals surface area contributed by atoms with Crippen molar-refractivity contribution in [1.82, 2.24) is 24.6 Å². The molecule has 0 aliphatic carbocycles. The van der Waals surface area contributed by atoms with Crippen LogP contribution in [0.2, 0.25) is 0 Å².